The van der Waals surface area contributed by atoms with Gasteiger partial charge in [-0.25, -0.2) is 0 Å². The lowest BCUT2D eigenvalue weighted by atomic mass is 10.5. The van der Waals surface area contributed by atoms with Crippen molar-refractivity contribution >= 4 is 17.9 Å². The summed E-state index contributed by atoms with van der Waals surface area (Å²) < 4.78 is 4.40. The summed E-state index contributed by atoms with van der Waals surface area (Å²) in [6.07, 6.45) is 0.222. The van der Waals surface area contributed by atoms with Gasteiger partial charge in [0.05, 0.1) is 6.61 Å². The van der Waals surface area contributed by atoms with E-state index >= 15 is 0 Å². The number of carbonyl (C=O) groups excluding carboxylic acids is 1. The molecule has 0 saturated heterocycles. The molecule has 0 aliphatic rings. The summed E-state index contributed by atoms with van der Waals surface area (Å²) in [5, 5.41) is 15.1. The Morgan fingerprint density at radius 3 is 1.33 bits per heavy atom. The highest BCUT2D eigenvalue weighted by atomic mass is 16.5. The minimum atomic E-state index is -0.833. The molecule has 0 spiro atoms. The standard InChI is InChI=1S/C4H8O2.C3H6O2.C2H4O2/c1-3-6-4(2)5;1-2-3(4)5;1-2(3)4/h3H2,1-2H3;2H2,1H3,(H,4,5);1H3,(H,3,4). The first-order valence-electron chi connectivity index (χ1n) is 4.32. The molecule has 90 valence electrons. The lowest BCUT2D eigenvalue weighted by Crippen LogP contribution is -1.95. The summed E-state index contributed by atoms with van der Waals surface area (Å²) in [6.45, 7) is 6.34. The summed E-state index contributed by atoms with van der Waals surface area (Å²) in [7, 11) is 0. The Labute approximate surface area is 88.9 Å². The maximum absolute atomic E-state index is 9.82. The quantitative estimate of drug-likeness (QED) is 0.679. The molecule has 0 aliphatic heterocycles. The molecule has 2 N–H and O–H groups in total. The van der Waals surface area contributed by atoms with Gasteiger partial charge in [-0.05, 0) is 6.92 Å². The zero-order chi connectivity index (χ0) is 12.9. The number of esters is 1. The highest BCUT2D eigenvalue weighted by molar-refractivity contribution is 5.66. The molecule has 0 aliphatic carbocycles. The van der Waals surface area contributed by atoms with Gasteiger partial charge in [0.15, 0.2) is 0 Å². The molecule has 0 bridgehead atoms. The van der Waals surface area contributed by atoms with Gasteiger partial charge in [-0.3, -0.25) is 14.4 Å². The van der Waals surface area contributed by atoms with Crippen LogP contribution in [0.25, 0.3) is 0 Å². The van der Waals surface area contributed by atoms with E-state index in [2.05, 4.69) is 4.74 Å². The lowest BCUT2D eigenvalue weighted by molar-refractivity contribution is -0.140. The van der Waals surface area contributed by atoms with Crippen LogP contribution in [-0.4, -0.2) is 34.7 Å². The number of rotatable bonds is 2. The first-order valence-corrected chi connectivity index (χ1v) is 4.32. The monoisotopic (exact) mass is 222 g/mol. The lowest BCUT2D eigenvalue weighted by Gasteiger charge is -1.89. The highest BCUT2D eigenvalue weighted by Crippen LogP contribution is 1.69. The molecule has 0 saturated carbocycles. The van der Waals surface area contributed by atoms with Crippen molar-refractivity contribution in [1.29, 1.82) is 0 Å². The van der Waals surface area contributed by atoms with Gasteiger partial charge in [0.2, 0.25) is 0 Å². The molecule has 0 aromatic heterocycles. The fourth-order valence-electron chi connectivity index (χ4n) is 0.203. The number of ether oxygens (including phenoxy) is 1. The fourth-order valence-corrected chi connectivity index (χ4v) is 0.203. The van der Waals surface area contributed by atoms with E-state index in [4.69, 9.17) is 15.0 Å². The number of hydrogen-bond acceptors (Lipinski definition) is 4. The topological polar surface area (TPSA) is 101 Å². The number of carboxylic acids is 2. The van der Waals surface area contributed by atoms with Crippen LogP contribution in [0.15, 0.2) is 0 Å². The Morgan fingerprint density at radius 2 is 1.33 bits per heavy atom. The molecule has 15 heavy (non-hydrogen) atoms. The van der Waals surface area contributed by atoms with E-state index in [0.717, 1.165) is 6.92 Å². The third-order valence-corrected chi connectivity index (χ3v) is 0.650. The third-order valence-electron chi connectivity index (χ3n) is 0.650. The Kier molecular flexibility index (Phi) is 18.9. The van der Waals surface area contributed by atoms with Crippen molar-refractivity contribution in [3.8, 4) is 0 Å². The van der Waals surface area contributed by atoms with E-state index in [0.29, 0.717) is 6.61 Å². The van der Waals surface area contributed by atoms with E-state index in [1.807, 2.05) is 0 Å². The molecule has 6 nitrogen and oxygen atoms in total. The van der Waals surface area contributed by atoms with Gasteiger partial charge in [-0.15, -0.1) is 0 Å². The molecule has 0 heterocycles. The second-order valence-corrected chi connectivity index (χ2v) is 2.19. The zero-order valence-corrected chi connectivity index (χ0v) is 9.44. The van der Waals surface area contributed by atoms with Crippen LogP contribution in [-0.2, 0) is 19.1 Å². The Morgan fingerprint density at radius 1 is 1.07 bits per heavy atom. The number of carboxylic acid groups (broad SMARTS) is 2. The Balaban J connectivity index is -0.000000147. The van der Waals surface area contributed by atoms with Gasteiger partial charge in [-0.2, -0.15) is 0 Å². The summed E-state index contributed by atoms with van der Waals surface area (Å²) in [5.41, 5.74) is 0. The molecule has 0 aromatic carbocycles. The third kappa shape index (κ3) is 116. The Bertz CT molecular complexity index is 183. The van der Waals surface area contributed by atoms with Gasteiger partial charge in [0.1, 0.15) is 0 Å². The maximum Gasteiger partial charge on any atom is 0.303 e. The van der Waals surface area contributed by atoms with Crippen molar-refractivity contribution in [2.75, 3.05) is 6.61 Å². The average Bonchev–Trinajstić information content (AvgIpc) is 2.03. The maximum atomic E-state index is 9.82. The number of aliphatic carboxylic acids is 2. The zero-order valence-electron chi connectivity index (χ0n) is 9.44. The van der Waals surface area contributed by atoms with E-state index in [1.54, 1.807) is 13.8 Å². The molecule has 0 amide bonds. The smallest absolute Gasteiger partial charge is 0.303 e. The van der Waals surface area contributed by atoms with E-state index in [9.17, 15) is 9.59 Å². The number of hydrogen-bond donors (Lipinski definition) is 2. The molecule has 0 rings (SSSR count). The van der Waals surface area contributed by atoms with Crippen LogP contribution in [0.2, 0.25) is 0 Å². The predicted molar refractivity (Wildman–Crippen MR) is 53.5 cm³/mol. The first kappa shape index (κ1) is 19.1. The minimum absolute atomic E-state index is 0.211. The first-order chi connectivity index (χ1) is 6.77. The molecule has 0 atom stereocenters. The van der Waals surface area contributed by atoms with Crippen LogP contribution < -0.4 is 0 Å². The summed E-state index contributed by atoms with van der Waals surface area (Å²) >= 11 is 0. The van der Waals surface area contributed by atoms with Gasteiger partial charge < -0.3 is 14.9 Å². The second-order valence-electron chi connectivity index (χ2n) is 2.19. The van der Waals surface area contributed by atoms with Crippen molar-refractivity contribution in [3.63, 3.8) is 0 Å². The molecule has 0 radical (unpaired) electrons. The van der Waals surface area contributed by atoms with Crippen LogP contribution >= 0.6 is 0 Å². The fraction of sp³-hybridized carbons (Fsp3) is 0.667. The predicted octanol–water partition coefficient (Wildman–Crippen LogP) is 1.14. The van der Waals surface area contributed by atoms with Gasteiger partial charge in [-0.1, -0.05) is 6.92 Å². The van der Waals surface area contributed by atoms with Gasteiger partial charge >= 0.3 is 11.9 Å². The molecule has 0 fully saturated rings. The van der Waals surface area contributed by atoms with Crippen molar-refractivity contribution in [1.82, 2.24) is 0 Å². The van der Waals surface area contributed by atoms with Crippen molar-refractivity contribution < 1.29 is 29.3 Å². The molecule has 6 heteroatoms. The molecular weight excluding hydrogens is 204 g/mol. The summed E-state index contributed by atoms with van der Waals surface area (Å²) in [6, 6.07) is 0. The van der Waals surface area contributed by atoms with Crippen LogP contribution in [0.4, 0.5) is 0 Å². The highest BCUT2D eigenvalue weighted by Gasteiger charge is 1.81. The van der Waals surface area contributed by atoms with Crippen LogP contribution in [0.3, 0.4) is 0 Å². The van der Waals surface area contributed by atoms with E-state index in [-0.39, 0.29) is 12.4 Å². The van der Waals surface area contributed by atoms with Crippen molar-refractivity contribution in [3.05, 3.63) is 0 Å². The Hall–Kier alpha value is -1.59. The SMILES string of the molecule is CC(=O)O.CCC(=O)O.CCOC(C)=O. The average molecular weight is 222 g/mol. The molecule has 0 aromatic rings. The van der Waals surface area contributed by atoms with Gasteiger partial charge in [0, 0.05) is 20.3 Å². The van der Waals surface area contributed by atoms with E-state index in [1.165, 1.54) is 6.92 Å². The second kappa shape index (κ2) is 14.9. The van der Waals surface area contributed by atoms with Crippen LogP contribution in [0.5, 0.6) is 0 Å². The van der Waals surface area contributed by atoms with E-state index < -0.39 is 11.9 Å². The van der Waals surface area contributed by atoms with Crippen molar-refractivity contribution in [2.24, 2.45) is 0 Å². The van der Waals surface area contributed by atoms with Crippen molar-refractivity contribution in [2.45, 2.75) is 34.1 Å². The molecule has 0 unspecified atom stereocenters. The molecular formula is C9H18O6. The summed E-state index contributed by atoms with van der Waals surface area (Å²) in [5.74, 6) is -1.79. The van der Waals surface area contributed by atoms with Crippen LogP contribution in [0.1, 0.15) is 34.1 Å². The normalized spacial score (nSPS) is 7.20. The van der Waals surface area contributed by atoms with Gasteiger partial charge in [0.25, 0.3) is 5.97 Å². The minimum Gasteiger partial charge on any atom is -0.481 e. The largest absolute Gasteiger partial charge is 0.481 e. The number of carbonyl (C=O) groups is 3. The summed E-state index contributed by atoms with van der Waals surface area (Å²) in [4.78, 5) is 28.2. The van der Waals surface area contributed by atoms with Crippen LogP contribution in [0, 0.1) is 0 Å².